The fraction of sp³-hybridized carbons (Fsp3) is 0.400. The molecule has 0 aliphatic heterocycles. The normalized spacial score (nSPS) is 11.9. The summed E-state index contributed by atoms with van der Waals surface area (Å²) in [6, 6.07) is 3.36. The van der Waals surface area contributed by atoms with Gasteiger partial charge in [-0.1, -0.05) is 13.8 Å². The van der Waals surface area contributed by atoms with Gasteiger partial charge in [0, 0.05) is 6.54 Å². The Bertz CT molecular complexity index is 638. The molecule has 0 aliphatic carbocycles. The first kappa shape index (κ1) is 15.3. The summed E-state index contributed by atoms with van der Waals surface area (Å²) in [6.45, 7) is 4.51. The molecule has 1 N–H and O–H groups in total. The second kappa shape index (κ2) is 7.06. The first-order chi connectivity index (χ1) is 10.2. The van der Waals surface area contributed by atoms with E-state index < -0.39 is 5.82 Å². The van der Waals surface area contributed by atoms with Gasteiger partial charge in [-0.3, -0.25) is 0 Å². The van der Waals surface area contributed by atoms with Crippen molar-refractivity contribution in [2.24, 2.45) is 0 Å². The van der Waals surface area contributed by atoms with Crippen LogP contribution in [0.2, 0.25) is 0 Å². The molecule has 0 saturated heterocycles. The first-order valence-corrected chi connectivity index (χ1v) is 6.93. The summed E-state index contributed by atoms with van der Waals surface area (Å²) in [5.74, 6) is -0.604. The van der Waals surface area contributed by atoms with Crippen LogP contribution >= 0.6 is 0 Å². The zero-order valence-electron chi connectivity index (χ0n) is 12.1. The van der Waals surface area contributed by atoms with E-state index in [1.807, 2.05) is 6.92 Å². The molecule has 0 radical (unpaired) electrons. The number of ether oxygens (including phenoxy) is 1. The summed E-state index contributed by atoms with van der Waals surface area (Å²) in [4.78, 5) is 4.14. The highest BCUT2D eigenvalue weighted by Gasteiger charge is 2.15. The van der Waals surface area contributed by atoms with Gasteiger partial charge in [0.1, 0.15) is 12.1 Å². The van der Waals surface area contributed by atoms with Crippen LogP contribution in [0.3, 0.4) is 0 Å². The minimum atomic E-state index is -0.626. The molecule has 0 aliphatic rings. The highest BCUT2D eigenvalue weighted by atomic mass is 19.1. The molecule has 1 aromatic carbocycles. The monoisotopic (exact) mass is 296 g/mol. The molecule has 0 atom stereocenters. The lowest BCUT2D eigenvalue weighted by Crippen LogP contribution is -2.01. The molecule has 114 valence electrons. The van der Waals surface area contributed by atoms with Crippen molar-refractivity contribution < 1.29 is 17.9 Å². The van der Waals surface area contributed by atoms with Crippen molar-refractivity contribution in [1.29, 1.82) is 0 Å². The molecule has 0 bridgehead atoms. The maximum Gasteiger partial charge on any atom is 0.295 e. The Morgan fingerprint density at radius 1 is 1.43 bits per heavy atom. The van der Waals surface area contributed by atoms with Crippen molar-refractivity contribution >= 4 is 17.1 Å². The van der Waals surface area contributed by atoms with E-state index in [0.29, 0.717) is 30.4 Å². The number of halogens is 2. The summed E-state index contributed by atoms with van der Waals surface area (Å²) in [6.07, 6.45) is 1.90. The van der Waals surface area contributed by atoms with E-state index in [1.54, 1.807) is 13.0 Å². The summed E-state index contributed by atoms with van der Waals surface area (Å²) in [5, 5.41) is 2.95. The molecule has 0 amide bonds. The topological polar surface area (TPSA) is 47.3 Å². The zero-order chi connectivity index (χ0) is 15.2. The largest absolute Gasteiger partial charge is 0.486 e. The van der Waals surface area contributed by atoms with Crippen LogP contribution in [-0.2, 0) is 0 Å². The number of anilines is 1. The van der Waals surface area contributed by atoms with E-state index in [9.17, 15) is 8.78 Å². The summed E-state index contributed by atoms with van der Waals surface area (Å²) in [5.41, 5.74) is 0.904. The lowest BCUT2D eigenvalue weighted by Gasteiger charge is -2.07. The van der Waals surface area contributed by atoms with Crippen molar-refractivity contribution in [3.8, 4) is 5.75 Å². The van der Waals surface area contributed by atoms with E-state index in [-0.39, 0.29) is 24.0 Å². The third-order valence-electron chi connectivity index (χ3n) is 3.01. The molecule has 4 nitrogen and oxygen atoms in total. The van der Waals surface area contributed by atoms with Gasteiger partial charge in [0.2, 0.25) is 5.82 Å². The Morgan fingerprint density at radius 2 is 2.24 bits per heavy atom. The number of nitrogens with zero attached hydrogens (tertiary/aromatic N) is 1. The standard InChI is InChI=1S/C15H18F2N2O2/c1-3-7-18-15-19-11-5-6-12(13(17)14(11)21-15)20-9-10(4-2)8-16/h5-6,8H,3-4,7,9H2,1-2H3,(H,18,19)/b10-8+. The van der Waals surface area contributed by atoms with E-state index in [0.717, 1.165) is 6.42 Å². The Hall–Kier alpha value is -2.11. The quantitative estimate of drug-likeness (QED) is 0.821. The van der Waals surface area contributed by atoms with Gasteiger partial charge in [-0.2, -0.15) is 9.37 Å². The number of rotatable bonds is 7. The lowest BCUT2D eigenvalue weighted by atomic mass is 10.2. The predicted molar refractivity (Wildman–Crippen MR) is 77.7 cm³/mol. The average Bonchev–Trinajstić information content (AvgIpc) is 2.92. The van der Waals surface area contributed by atoms with Crippen molar-refractivity contribution in [2.75, 3.05) is 18.5 Å². The molecular formula is C15H18F2N2O2. The van der Waals surface area contributed by atoms with E-state index >= 15 is 0 Å². The van der Waals surface area contributed by atoms with Gasteiger partial charge in [-0.25, -0.2) is 4.39 Å². The van der Waals surface area contributed by atoms with Gasteiger partial charge < -0.3 is 14.5 Å². The van der Waals surface area contributed by atoms with Crippen molar-refractivity contribution in [3.63, 3.8) is 0 Å². The molecule has 0 spiro atoms. The van der Waals surface area contributed by atoms with Gasteiger partial charge in [0.25, 0.3) is 6.01 Å². The SMILES string of the molecule is CCCNc1nc2ccc(OC/C(=C/F)CC)c(F)c2o1. The number of aromatic nitrogens is 1. The third kappa shape index (κ3) is 3.51. The van der Waals surface area contributed by atoms with Gasteiger partial charge in [-0.15, -0.1) is 0 Å². The van der Waals surface area contributed by atoms with Crippen LogP contribution in [0.25, 0.3) is 11.1 Å². The maximum absolute atomic E-state index is 14.3. The van der Waals surface area contributed by atoms with Crippen LogP contribution in [0.1, 0.15) is 26.7 Å². The Kier molecular flexibility index (Phi) is 5.14. The molecule has 0 saturated carbocycles. The van der Waals surface area contributed by atoms with E-state index in [2.05, 4.69) is 10.3 Å². The van der Waals surface area contributed by atoms with Gasteiger partial charge in [-0.05, 0) is 30.5 Å². The highest BCUT2D eigenvalue weighted by Crippen LogP contribution is 2.29. The number of nitrogens with one attached hydrogen (secondary N) is 1. The van der Waals surface area contributed by atoms with Crippen molar-refractivity contribution in [1.82, 2.24) is 4.98 Å². The number of fused-ring (bicyclic) bond motifs is 1. The molecular weight excluding hydrogens is 278 g/mol. The van der Waals surface area contributed by atoms with Crippen LogP contribution in [0, 0.1) is 5.82 Å². The molecule has 1 aromatic heterocycles. The number of oxazole rings is 1. The van der Waals surface area contributed by atoms with Crippen LogP contribution < -0.4 is 10.1 Å². The molecule has 2 aromatic rings. The van der Waals surface area contributed by atoms with Crippen molar-refractivity contribution in [3.05, 3.63) is 29.9 Å². The number of hydrogen-bond acceptors (Lipinski definition) is 4. The molecule has 2 rings (SSSR count). The smallest absolute Gasteiger partial charge is 0.295 e. The minimum Gasteiger partial charge on any atom is -0.486 e. The van der Waals surface area contributed by atoms with Crippen LogP contribution in [0.4, 0.5) is 14.8 Å². The summed E-state index contributed by atoms with van der Waals surface area (Å²) in [7, 11) is 0. The molecule has 6 heteroatoms. The van der Waals surface area contributed by atoms with Gasteiger partial charge >= 0.3 is 0 Å². The second-order valence-electron chi connectivity index (χ2n) is 4.58. The van der Waals surface area contributed by atoms with Crippen LogP contribution in [0.5, 0.6) is 5.75 Å². The summed E-state index contributed by atoms with van der Waals surface area (Å²) >= 11 is 0. The first-order valence-electron chi connectivity index (χ1n) is 6.93. The fourth-order valence-electron chi connectivity index (χ4n) is 1.74. The summed E-state index contributed by atoms with van der Waals surface area (Å²) < 4.78 is 37.3. The van der Waals surface area contributed by atoms with E-state index in [4.69, 9.17) is 9.15 Å². The minimum absolute atomic E-state index is 0.00447. The van der Waals surface area contributed by atoms with Crippen LogP contribution in [0.15, 0.2) is 28.5 Å². The van der Waals surface area contributed by atoms with Crippen LogP contribution in [-0.4, -0.2) is 18.1 Å². The maximum atomic E-state index is 14.3. The van der Waals surface area contributed by atoms with Gasteiger partial charge in [0.15, 0.2) is 11.3 Å². The zero-order valence-corrected chi connectivity index (χ0v) is 12.1. The fourth-order valence-corrected chi connectivity index (χ4v) is 1.74. The van der Waals surface area contributed by atoms with Crippen molar-refractivity contribution in [2.45, 2.75) is 26.7 Å². The predicted octanol–water partition coefficient (Wildman–Crippen LogP) is 4.43. The molecule has 1 heterocycles. The Morgan fingerprint density at radius 3 is 2.90 bits per heavy atom. The van der Waals surface area contributed by atoms with Gasteiger partial charge in [0.05, 0.1) is 6.33 Å². The second-order valence-corrected chi connectivity index (χ2v) is 4.58. The Labute approximate surface area is 121 Å². The lowest BCUT2D eigenvalue weighted by molar-refractivity contribution is 0.326. The molecule has 21 heavy (non-hydrogen) atoms. The number of hydrogen-bond donors (Lipinski definition) is 1. The Balaban J connectivity index is 2.20. The third-order valence-corrected chi connectivity index (χ3v) is 3.01. The number of benzene rings is 1. The average molecular weight is 296 g/mol. The molecule has 0 unspecified atom stereocenters. The van der Waals surface area contributed by atoms with E-state index in [1.165, 1.54) is 6.07 Å². The highest BCUT2D eigenvalue weighted by molar-refractivity contribution is 5.77. The molecule has 0 fully saturated rings.